The Morgan fingerprint density at radius 1 is 1.11 bits per heavy atom. The smallest absolute Gasteiger partial charge is 0.465 e. The topological polar surface area (TPSA) is 104 Å². The molecule has 1 aromatic rings. The second-order valence-corrected chi connectivity index (χ2v) is 2.76. The molecule has 0 heterocycles. The predicted molar refractivity (Wildman–Crippen MR) is 55.2 cm³/mol. The molecule has 1 rings (SSSR count). The van der Waals surface area contributed by atoms with Gasteiger partial charge in [0.25, 0.3) is 0 Å². The van der Waals surface area contributed by atoms with Crippen LogP contribution in [0.2, 0.25) is 0 Å². The molecule has 0 bridgehead atoms. The molecule has 0 radical (unpaired) electrons. The summed E-state index contributed by atoms with van der Waals surface area (Å²) >= 11 is 0. The number of benzene rings is 1. The van der Waals surface area contributed by atoms with Gasteiger partial charge >= 0.3 is 18.5 Å². The fourth-order valence-corrected chi connectivity index (χ4v) is 0.942. The van der Waals surface area contributed by atoms with Crippen molar-refractivity contribution in [3.63, 3.8) is 0 Å². The molecular weight excluding hydrogens is 257 g/mol. The van der Waals surface area contributed by atoms with E-state index in [0.29, 0.717) is 0 Å². The first kappa shape index (κ1) is 15.6. The first-order valence-corrected chi connectivity index (χ1v) is 4.29. The van der Waals surface area contributed by atoms with Gasteiger partial charge in [-0.25, -0.2) is 9.59 Å². The number of hydrogen-bond donors (Lipinski definition) is 3. The molecule has 0 atom stereocenters. The molecule has 6 nitrogen and oxygen atoms in total. The highest BCUT2D eigenvalue weighted by Crippen LogP contribution is 2.27. The van der Waals surface area contributed by atoms with Crippen LogP contribution in [0.4, 0.5) is 28.4 Å². The van der Waals surface area contributed by atoms with Crippen molar-refractivity contribution in [2.75, 3.05) is 4.90 Å². The van der Waals surface area contributed by atoms with Gasteiger partial charge in [0.15, 0.2) is 0 Å². The van der Waals surface area contributed by atoms with Gasteiger partial charge in [0.05, 0.1) is 5.69 Å². The summed E-state index contributed by atoms with van der Waals surface area (Å²) in [7, 11) is 0. The van der Waals surface area contributed by atoms with Crippen LogP contribution in [-0.2, 0) is 0 Å². The summed E-state index contributed by atoms with van der Waals surface area (Å²) in [4.78, 5) is 18.5. The molecule has 0 saturated carbocycles. The Kier molecular flexibility index (Phi) is 5.46. The third-order valence-corrected chi connectivity index (χ3v) is 1.46. The van der Waals surface area contributed by atoms with Crippen LogP contribution in [0.1, 0.15) is 0 Å². The highest BCUT2D eigenvalue weighted by Gasteiger charge is 2.42. The lowest BCUT2D eigenvalue weighted by molar-refractivity contribution is -0.123. The summed E-state index contributed by atoms with van der Waals surface area (Å²) in [5.74, 6) is 0. The van der Waals surface area contributed by atoms with E-state index in [1.807, 2.05) is 0 Å². The lowest BCUT2D eigenvalue weighted by Gasteiger charge is -2.21. The van der Waals surface area contributed by atoms with Gasteiger partial charge in [-0.05, 0) is 12.1 Å². The summed E-state index contributed by atoms with van der Waals surface area (Å²) < 4.78 is 36.6. The molecule has 0 aliphatic rings. The van der Waals surface area contributed by atoms with Crippen LogP contribution in [0.25, 0.3) is 0 Å². The molecule has 0 saturated heterocycles. The standard InChI is InChI=1S/C8H6F3NO2.CH3NO2/c9-8(10,11)12(7(13)14)6-4-2-1-3-5-6;2-1(3)4/h1-5H,(H,13,14);2H2,(H,3,4). The van der Waals surface area contributed by atoms with Crippen molar-refractivity contribution in [1.29, 1.82) is 0 Å². The number of halogens is 3. The average Bonchev–Trinajstić information content (AvgIpc) is 2.15. The Bertz CT molecular complexity index is 404. The van der Waals surface area contributed by atoms with E-state index in [9.17, 15) is 18.0 Å². The minimum Gasteiger partial charge on any atom is -0.465 e. The molecule has 4 N–H and O–H groups in total. The summed E-state index contributed by atoms with van der Waals surface area (Å²) in [6.07, 6.45) is -8.31. The first-order chi connectivity index (χ1) is 8.16. The number of rotatable bonds is 1. The molecule has 0 aliphatic heterocycles. The largest absolute Gasteiger partial charge is 0.494 e. The number of amides is 2. The van der Waals surface area contributed by atoms with E-state index in [1.165, 1.54) is 18.2 Å². The molecule has 0 spiro atoms. The lowest BCUT2D eigenvalue weighted by atomic mass is 10.3. The Morgan fingerprint density at radius 3 is 1.78 bits per heavy atom. The summed E-state index contributed by atoms with van der Waals surface area (Å²) in [6, 6.07) is 6.30. The van der Waals surface area contributed by atoms with Crippen LogP contribution < -0.4 is 10.6 Å². The maximum atomic E-state index is 12.2. The molecule has 0 aromatic heterocycles. The van der Waals surface area contributed by atoms with Crippen LogP contribution in [0.5, 0.6) is 0 Å². The van der Waals surface area contributed by atoms with Gasteiger partial charge in [-0.1, -0.05) is 18.2 Å². The van der Waals surface area contributed by atoms with Crippen molar-refractivity contribution in [3.05, 3.63) is 30.3 Å². The summed E-state index contributed by atoms with van der Waals surface area (Å²) in [5, 5.41) is 15.6. The number of carbonyl (C=O) groups is 2. The van der Waals surface area contributed by atoms with Crippen molar-refractivity contribution < 1.29 is 33.0 Å². The molecule has 0 aliphatic carbocycles. The Balaban J connectivity index is 0.000000631. The number of nitrogens with zero attached hydrogens (tertiary/aromatic N) is 1. The molecular formula is C9H9F3N2O4. The molecule has 9 heteroatoms. The minimum atomic E-state index is -4.92. The van der Waals surface area contributed by atoms with Gasteiger partial charge in [0.2, 0.25) is 0 Å². The van der Waals surface area contributed by atoms with Crippen molar-refractivity contribution >= 4 is 17.9 Å². The average molecular weight is 266 g/mol. The van der Waals surface area contributed by atoms with E-state index < -0.39 is 29.1 Å². The predicted octanol–water partition coefficient (Wildman–Crippen LogP) is 2.31. The van der Waals surface area contributed by atoms with Crippen molar-refractivity contribution in [2.45, 2.75) is 6.30 Å². The number of primary amides is 1. The Hall–Kier alpha value is -2.45. The van der Waals surface area contributed by atoms with Gasteiger partial charge in [-0.3, -0.25) is 0 Å². The van der Waals surface area contributed by atoms with E-state index in [0.717, 1.165) is 12.1 Å². The molecule has 100 valence electrons. The molecule has 1 aromatic carbocycles. The highest BCUT2D eigenvalue weighted by molar-refractivity contribution is 5.86. The lowest BCUT2D eigenvalue weighted by Crippen LogP contribution is -2.42. The summed E-state index contributed by atoms with van der Waals surface area (Å²) in [5.41, 5.74) is 3.60. The fraction of sp³-hybridized carbons (Fsp3) is 0.111. The second kappa shape index (κ2) is 6.33. The number of nitrogens with two attached hydrogens (primary N) is 1. The number of anilines is 1. The Labute approximate surface area is 99.0 Å². The maximum Gasteiger partial charge on any atom is 0.494 e. The fourth-order valence-electron chi connectivity index (χ4n) is 0.942. The zero-order valence-electron chi connectivity index (χ0n) is 8.76. The maximum absolute atomic E-state index is 12.2. The van der Waals surface area contributed by atoms with Crippen LogP contribution in [0.15, 0.2) is 30.3 Å². The van der Waals surface area contributed by atoms with Gasteiger partial charge < -0.3 is 15.9 Å². The van der Waals surface area contributed by atoms with E-state index in [2.05, 4.69) is 5.73 Å². The molecule has 2 amide bonds. The number of carboxylic acid groups (broad SMARTS) is 2. The highest BCUT2D eigenvalue weighted by atomic mass is 19.4. The van der Waals surface area contributed by atoms with Crippen LogP contribution in [0, 0.1) is 0 Å². The monoisotopic (exact) mass is 266 g/mol. The van der Waals surface area contributed by atoms with Gasteiger partial charge in [0.1, 0.15) is 0 Å². The van der Waals surface area contributed by atoms with Gasteiger partial charge in [-0.15, -0.1) is 13.2 Å². The quantitative estimate of drug-likeness (QED) is 0.678. The molecule has 18 heavy (non-hydrogen) atoms. The normalized spacial score (nSPS) is 9.94. The van der Waals surface area contributed by atoms with E-state index >= 15 is 0 Å². The minimum absolute atomic E-state index is 0.424. The van der Waals surface area contributed by atoms with Crippen molar-refractivity contribution in [2.24, 2.45) is 5.73 Å². The van der Waals surface area contributed by atoms with E-state index in [-0.39, 0.29) is 0 Å². The van der Waals surface area contributed by atoms with Crippen LogP contribution in [-0.4, -0.2) is 28.7 Å². The SMILES string of the molecule is NC(=O)O.O=C(O)N(c1ccccc1)C(F)(F)F. The van der Waals surface area contributed by atoms with Crippen LogP contribution >= 0.6 is 0 Å². The van der Waals surface area contributed by atoms with Gasteiger partial charge in [-0.2, -0.15) is 4.90 Å². The van der Waals surface area contributed by atoms with Gasteiger partial charge in [0, 0.05) is 0 Å². The van der Waals surface area contributed by atoms with Crippen molar-refractivity contribution in [1.82, 2.24) is 0 Å². The molecule has 0 unspecified atom stereocenters. The number of alkyl halides is 3. The third kappa shape index (κ3) is 5.58. The Morgan fingerprint density at radius 2 is 1.50 bits per heavy atom. The number of hydrogen-bond acceptors (Lipinski definition) is 2. The van der Waals surface area contributed by atoms with Crippen LogP contribution in [0.3, 0.4) is 0 Å². The zero-order valence-corrected chi connectivity index (χ0v) is 8.76. The number of para-hydroxylation sites is 1. The second-order valence-electron chi connectivity index (χ2n) is 2.76. The zero-order chi connectivity index (χ0) is 14.3. The van der Waals surface area contributed by atoms with E-state index in [4.69, 9.17) is 15.0 Å². The van der Waals surface area contributed by atoms with Crippen molar-refractivity contribution in [3.8, 4) is 0 Å². The van der Waals surface area contributed by atoms with E-state index in [1.54, 1.807) is 0 Å². The first-order valence-electron chi connectivity index (χ1n) is 4.29. The summed E-state index contributed by atoms with van der Waals surface area (Å²) in [6.45, 7) is 0. The third-order valence-electron chi connectivity index (χ3n) is 1.46. The molecule has 0 fully saturated rings.